The quantitative estimate of drug-likeness (QED) is 0.637. The molecule has 0 radical (unpaired) electrons. The number of methoxy groups -OCH3 is 1. The van der Waals surface area contributed by atoms with Gasteiger partial charge in [0.25, 0.3) is 0 Å². The fourth-order valence-electron chi connectivity index (χ4n) is 1.16. The maximum atomic E-state index is 10.5. The van der Waals surface area contributed by atoms with E-state index in [4.69, 9.17) is 10.5 Å². The first-order valence-corrected chi connectivity index (χ1v) is 4.48. The smallest absolute Gasteiger partial charge is 0.231 e. The number of phenolic OH excluding ortho intramolecular Hbond substituents is 1. The van der Waals surface area contributed by atoms with Gasteiger partial charge in [-0.2, -0.15) is 0 Å². The van der Waals surface area contributed by atoms with Crippen molar-refractivity contribution in [3.05, 3.63) is 23.8 Å². The van der Waals surface area contributed by atoms with Gasteiger partial charge in [-0.15, -0.1) is 0 Å². The molecule has 0 spiro atoms. The van der Waals surface area contributed by atoms with E-state index in [2.05, 4.69) is 5.32 Å². The molecule has 82 valence electrons. The summed E-state index contributed by atoms with van der Waals surface area (Å²) in [5, 5.41) is 12.2. The molecule has 0 saturated carbocycles. The van der Waals surface area contributed by atoms with Crippen LogP contribution in [0.5, 0.6) is 11.5 Å². The van der Waals surface area contributed by atoms with Crippen LogP contribution in [-0.2, 0) is 11.3 Å². The highest BCUT2D eigenvalue weighted by atomic mass is 16.5. The van der Waals surface area contributed by atoms with E-state index in [-0.39, 0.29) is 12.3 Å². The average molecular weight is 210 g/mol. The van der Waals surface area contributed by atoms with E-state index < -0.39 is 5.91 Å². The second-order valence-corrected chi connectivity index (χ2v) is 3.08. The van der Waals surface area contributed by atoms with Gasteiger partial charge >= 0.3 is 0 Å². The molecule has 0 aliphatic rings. The van der Waals surface area contributed by atoms with E-state index >= 15 is 0 Å². The Bertz CT molecular complexity index is 353. The largest absolute Gasteiger partial charge is 0.504 e. The third-order valence-corrected chi connectivity index (χ3v) is 1.87. The van der Waals surface area contributed by atoms with Gasteiger partial charge in [-0.1, -0.05) is 6.07 Å². The van der Waals surface area contributed by atoms with E-state index in [0.29, 0.717) is 12.3 Å². The average Bonchev–Trinajstić information content (AvgIpc) is 2.20. The molecular weight excluding hydrogens is 196 g/mol. The van der Waals surface area contributed by atoms with Crippen molar-refractivity contribution in [2.75, 3.05) is 13.7 Å². The van der Waals surface area contributed by atoms with Crippen molar-refractivity contribution >= 4 is 5.91 Å². The third-order valence-electron chi connectivity index (χ3n) is 1.87. The van der Waals surface area contributed by atoms with Crippen LogP contribution in [0.25, 0.3) is 0 Å². The summed E-state index contributed by atoms with van der Waals surface area (Å²) in [7, 11) is 1.48. The number of ether oxygens (including phenoxy) is 1. The normalized spacial score (nSPS) is 9.93. The fourth-order valence-corrected chi connectivity index (χ4v) is 1.16. The lowest BCUT2D eigenvalue weighted by molar-refractivity contribution is -0.117. The molecule has 0 saturated heterocycles. The molecule has 15 heavy (non-hydrogen) atoms. The highest BCUT2D eigenvalue weighted by Gasteiger charge is 2.02. The molecular formula is C10H14N2O3. The first-order valence-electron chi connectivity index (χ1n) is 4.48. The lowest BCUT2D eigenvalue weighted by Crippen LogP contribution is -2.28. The molecule has 0 fully saturated rings. The Kier molecular flexibility index (Phi) is 3.93. The van der Waals surface area contributed by atoms with Gasteiger partial charge in [-0.05, 0) is 17.7 Å². The number of phenols is 1. The van der Waals surface area contributed by atoms with Crippen LogP contribution in [0.4, 0.5) is 0 Å². The second-order valence-electron chi connectivity index (χ2n) is 3.08. The van der Waals surface area contributed by atoms with Gasteiger partial charge in [-0.3, -0.25) is 4.79 Å². The van der Waals surface area contributed by atoms with Crippen LogP contribution >= 0.6 is 0 Å². The summed E-state index contributed by atoms with van der Waals surface area (Å²) in [4.78, 5) is 10.5. The molecule has 5 nitrogen and oxygen atoms in total. The van der Waals surface area contributed by atoms with Gasteiger partial charge in [0, 0.05) is 6.54 Å². The van der Waals surface area contributed by atoms with Gasteiger partial charge in [0.05, 0.1) is 13.7 Å². The number of amides is 1. The number of hydrogen-bond acceptors (Lipinski definition) is 4. The number of rotatable bonds is 5. The number of benzene rings is 1. The minimum atomic E-state index is -0.402. The van der Waals surface area contributed by atoms with Crippen molar-refractivity contribution in [3.8, 4) is 11.5 Å². The Morgan fingerprint density at radius 1 is 1.60 bits per heavy atom. The number of carbonyl (C=O) groups is 1. The number of nitrogens with two attached hydrogens (primary N) is 1. The minimum Gasteiger partial charge on any atom is -0.504 e. The topological polar surface area (TPSA) is 84.6 Å². The summed E-state index contributed by atoms with van der Waals surface area (Å²) in [5.74, 6) is 0.102. The van der Waals surface area contributed by atoms with Crippen LogP contribution < -0.4 is 15.8 Å². The standard InChI is InChI=1S/C10H14N2O3/c1-15-9-4-7(2-3-8(9)13)5-12-6-10(11)14/h2-4,12-13H,5-6H2,1H3,(H2,11,14). The molecule has 1 aromatic rings. The van der Waals surface area contributed by atoms with Gasteiger partial charge in [0.1, 0.15) is 0 Å². The number of hydrogen-bond donors (Lipinski definition) is 3. The molecule has 0 heterocycles. The van der Waals surface area contributed by atoms with Gasteiger partial charge in [-0.25, -0.2) is 0 Å². The van der Waals surface area contributed by atoms with Crippen molar-refractivity contribution in [2.24, 2.45) is 5.73 Å². The highest BCUT2D eigenvalue weighted by Crippen LogP contribution is 2.25. The van der Waals surface area contributed by atoms with Crippen molar-refractivity contribution in [1.82, 2.24) is 5.32 Å². The predicted octanol–water partition coefficient (Wildman–Crippen LogP) is -0.0243. The highest BCUT2D eigenvalue weighted by molar-refractivity contribution is 5.75. The van der Waals surface area contributed by atoms with Crippen LogP contribution in [0.15, 0.2) is 18.2 Å². The Labute approximate surface area is 87.9 Å². The monoisotopic (exact) mass is 210 g/mol. The van der Waals surface area contributed by atoms with Crippen LogP contribution in [-0.4, -0.2) is 24.7 Å². The fraction of sp³-hybridized carbons (Fsp3) is 0.300. The molecule has 4 N–H and O–H groups in total. The maximum Gasteiger partial charge on any atom is 0.231 e. The molecule has 0 bridgehead atoms. The van der Waals surface area contributed by atoms with Crippen LogP contribution in [0.2, 0.25) is 0 Å². The summed E-state index contributed by atoms with van der Waals surface area (Å²) in [6.07, 6.45) is 0. The second kappa shape index (κ2) is 5.21. The molecule has 1 aromatic carbocycles. The summed E-state index contributed by atoms with van der Waals surface area (Å²) in [6.45, 7) is 0.628. The number of nitrogens with one attached hydrogen (secondary N) is 1. The first kappa shape index (κ1) is 11.3. The molecule has 0 unspecified atom stereocenters. The minimum absolute atomic E-state index is 0.0937. The summed E-state index contributed by atoms with van der Waals surface area (Å²) < 4.78 is 4.94. The Morgan fingerprint density at radius 3 is 2.93 bits per heavy atom. The lowest BCUT2D eigenvalue weighted by atomic mass is 10.2. The lowest BCUT2D eigenvalue weighted by Gasteiger charge is -2.06. The number of carbonyl (C=O) groups excluding carboxylic acids is 1. The predicted molar refractivity (Wildman–Crippen MR) is 55.6 cm³/mol. The Balaban J connectivity index is 2.58. The zero-order valence-electron chi connectivity index (χ0n) is 8.49. The van der Waals surface area contributed by atoms with E-state index in [0.717, 1.165) is 5.56 Å². The van der Waals surface area contributed by atoms with Crippen molar-refractivity contribution in [3.63, 3.8) is 0 Å². The van der Waals surface area contributed by atoms with Crippen molar-refractivity contribution in [1.29, 1.82) is 0 Å². The summed E-state index contributed by atoms with van der Waals surface area (Å²) >= 11 is 0. The van der Waals surface area contributed by atoms with E-state index in [1.807, 2.05) is 0 Å². The molecule has 1 rings (SSSR count). The van der Waals surface area contributed by atoms with Gasteiger partial charge in [0.2, 0.25) is 5.91 Å². The van der Waals surface area contributed by atoms with Crippen LogP contribution in [0.3, 0.4) is 0 Å². The molecule has 0 aliphatic carbocycles. The maximum absolute atomic E-state index is 10.5. The Morgan fingerprint density at radius 2 is 2.33 bits per heavy atom. The first-order chi connectivity index (χ1) is 7.13. The SMILES string of the molecule is COc1cc(CNCC(N)=O)ccc1O. The van der Waals surface area contributed by atoms with E-state index in [1.54, 1.807) is 18.2 Å². The van der Waals surface area contributed by atoms with Crippen LogP contribution in [0, 0.1) is 0 Å². The molecule has 0 aliphatic heterocycles. The molecule has 0 atom stereocenters. The van der Waals surface area contributed by atoms with Gasteiger partial charge < -0.3 is 20.9 Å². The zero-order valence-corrected chi connectivity index (χ0v) is 8.49. The molecule has 0 aromatic heterocycles. The summed E-state index contributed by atoms with van der Waals surface area (Å²) in [5.41, 5.74) is 5.88. The van der Waals surface area contributed by atoms with E-state index in [1.165, 1.54) is 7.11 Å². The van der Waals surface area contributed by atoms with Crippen molar-refractivity contribution in [2.45, 2.75) is 6.54 Å². The van der Waals surface area contributed by atoms with Crippen molar-refractivity contribution < 1.29 is 14.6 Å². The zero-order chi connectivity index (χ0) is 11.3. The number of aromatic hydroxyl groups is 1. The third kappa shape index (κ3) is 3.47. The number of primary amides is 1. The van der Waals surface area contributed by atoms with E-state index in [9.17, 15) is 9.90 Å². The van der Waals surface area contributed by atoms with Crippen LogP contribution in [0.1, 0.15) is 5.56 Å². The Hall–Kier alpha value is -1.75. The summed E-state index contributed by atoms with van der Waals surface area (Å²) in [6, 6.07) is 4.98. The molecule has 1 amide bonds. The molecule has 5 heteroatoms. The van der Waals surface area contributed by atoms with Gasteiger partial charge in [0.15, 0.2) is 11.5 Å².